The lowest BCUT2D eigenvalue weighted by molar-refractivity contribution is -0.137. The number of rotatable bonds is 1. The summed E-state index contributed by atoms with van der Waals surface area (Å²) in [6.45, 7) is 0. The highest BCUT2D eigenvalue weighted by molar-refractivity contribution is 5.66. The number of hydrogen-bond donors (Lipinski definition) is 0. The van der Waals surface area contributed by atoms with Crippen molar-refractivity contribution < 1.29 is 22.0 Å². The van der Waals surface area contributed by atoms with Crippen LogP contribution in [-0.4, -0.2) is 0 Å². The van der Waals surface area contributed by atoms with Crippen LogP contribution >= 0.6 is 0 Å². The van der Waals surface area contributed by atoms with Gasteiger partial charge in [0.15, 0.2) is 11.6 Å². The Morgan fingerprint density at radius 2 is 1.45 bits per heavy atom. The molecule has 5 heteroatoms. The van der Waals surface area contributed by atoms with Crippen LogP contribution in [0.25, 0.3) is 11.1 Å². The zero-order valence-corrected chi connectivity index (χ0v) is 9.93. The Morgan fingerprint density at radius 1 is 0.850 bits per heavy atom. The van der Waals surface area contributed by atoms with Crippen molar-refractivity contribution in [3.8, 4) is 23.5 Å². The van der Waals surface area contributed by atoms with Gasteiger partial charge in [0.05, 0.1) is 5.56 Å². The smallest absolute Gasteiger partial charge is 0.204 e. The topological polar surface area (TPSA) is 0 Å². The minimum Gasteiger partial charge on any atom is -0.204 e. The lowest BCUT2D eigenvalue weighted by Crippen LogP contribution is -2.08. The van der Waals surface area contributed by atoms with Gasteiger partial charge in [-0.05, 0) is 35.4 Å². The van der Waals surface area contributed by atoms with Crippen LogP contribution in [0, 0.1) is 24.0 Å². The molecule has 0 aromatic heterocycles. The van der Waals surface area contributed by atoms with Crippen LogP contribution in [0.4, 0.5) is 22.0 Å². The van der Waals surface area contributed by atoms with Crippen molar-refractivity contribution in [2.75, 3.05) is 0 Å². The lowest BCUT2D eigenvalue weighted by Gasteiger charge is -2.11. The third-order valence-electron chi connectivity index (χ3n) is 2.73. The maximum atomic E-state index is 13.1. The average Bonchev–Trinajstić information content (AvgIpc) is 2.40. The van der Waals surface area contributed by atoms with E-state index in [4.69, 9.17) is 6.42 Å². The largest absolute Gasteiger partial charge is 0.417 e. The first-order valence-electron chi connectivity index (χ1n) is 5.46. The van der Waals surface area contributed by atoms with E-state index >= 15 is 0 Å². The van der Waals surface area contributed by atoms with Crippen molar-refractivity contribution in [1.29, 1.82) is 0 Å². The molecular formula is C15H7F5. The van der Waals surface area contributed by atoms with Crippen molar-refractivity contribution in [2.24, 2.45) is 0 Å². The van der Waals surface area contributed by atoms with Gasteiger partial charge in [0.1, 0.15) is 0 Å². The second-order valence-corrected chi connectivity index (χ2v) is 4.03. The van der Waals surface area contributed by atoms with Crippen molar-refractivity contribution in [1.82, 2.24) is 0 Å². The third kappa shape index (κ3) is 2.64. The Labute approximate surface area is 111 Å². The molecule has 0 bridgehead atoms. The van der Waals surface area contributed by atoms with Gasteiger partial charge in [0.2, 0.25) is 0 Å². The molecule has 0 spiro atoms. The SMILES string of the molecule is C#Cc1ccc(-c2ccc(F)c(F)c2)cc1C(F)(F)F. The number of halogens is 5. The lowest BCUT2D eigenvalue weighted by atomic mass is 9.99. The molecule has 0 heterocycles. The van der Waals surface area contributed by atoms with E-state index in [0.29, 0.717) is 0 Å². The van der Waals surface area contributed by atoms with E-state index in [0.717, 1.165) is 24.3 Å². The second-order valence-electron chi connectivity index (χ2n) is 4.03. The van der Waals surface area contributed by atoms with Crippen molar-refractivity contribution in [3.63, 3.8) is 0 Å². The van der Waals surface area contributed by atoms with E-state index in [9.17, 15) is 22.0 Å². The normalized spacial score (nSPS) is 11.2. The summed E-state index contributed by atoms with van der Waals surface area (Å²) in [6.07, 6.45) is 0.406. The van der Waals surface area contributed by atoms with Crippen molar-refractivity contribution in [3.05, 3.63) is 59.2 Å². The van der Waals surface area contributed by atoms with E-state index in [2.05, 4.69) is 0 Å². The molecule has 20 heavy (non-hydrogen) atoms. The number of benzene rings is 2. The molecule has 2 aromatic rings. The van der Waals surface area contributed by atoms with Gasteiger partial charge in [-0.2, -0.15) is 13.2 Å². The van der Waals surface area contributed by atoms with Gasteiger partial charge in [0.25, 0.3) is 0 Å². The highest BCUT2D eigenvalue weighted by atomic mass is 19.4. The first-order chi connectivity index (χ1) is 9.32. The summed E-state index contributed by atoms with van der Waals surface area (Å²) in [6, 6.07) is 6.16. The van der Waals surface area contributed by atoms with E-state index in [-0.39, 0.29) is 16.7 Å². The van der Waals surface area contributed by atoms with E-state index in [1.807, 2.05) is 5.92 Å². The fourth-order valence-corrected chi connectivity index (χ4v) is 1.76. The summed E-state index contributed by atoms with van der Waals surface area (Å²) < 4.78 is 64.5. The summed E-state index contributed by atoms with van der Waals surface area (Å²) in [4.78, 5) is 0. The molecule has 0 unspecified atom stereocenters. The minimum atomic E-state index is -4.61. The van der Waals surface area contributed by atoms with Crippen molar-refractivity contribution in [2.45, 2.75) is 6.18 Å². The van der Waals surface area contributed by atoms with Gasteiger partial charge in [-0.15, -0.1) is 6.42 Å². The summed E-state index contributed by atoms with van der Waals surface area (Å²) in [5.41, 5.74) is -1.04. The van der Waals surface area contributed by atoms with Crippen LogP contribution in [-0.2, 0) is 6.18 Å². The molecule has 0 nitrogen and oxygen atoms in total. The molecule has 0 amide bonds. The monoisotopic (exact) mass is 282 g/mol. The standard InChI is InChI=1S/C15H7F5/c1-2-9-3-4-10(7-12(9)15(18,19)20)11-5-6-13(16)14(17)8-11/h1,3-8H. The number of terminal acetylenes is 1. The molecule has 0 saturated heterocycles. The van der Waals surface area contributed by atoms with Gasteiger partial charge >= 0.3 is 6.18 Å². The Bertz CT molecular complexity index is 692. The number of hydrogen-bond acceptors (Lipinski definition) is 0. The quantitative estimate of drug-likeness (QED) is 0.528. The Balaban J connectivity index is 2.59. The molecule has 0 aliphatic heterocycles. The summed E-state index contributed by atoms with van der Waals surface area (Å²) >= 11 is 0. The molecule has 0 aliphatic rings. The Morgan fingerprint density at radius 3 is 2.00 bits per heavy atom. The van der Waals surface area contributed by atoms with Gasteiger partial charge in [-0.3, -0.25) is 0 Å². The van der Waals surface area contributed by atoms with E-state index in [1.165, 1.54) is 12.1 Å². The minimum absolute atomic E-state index is 0.107. The highest BCUT2D eigenvalue weighted by Gasteiger charge is 2.33. The molecule has 0 fully saturated rings. The predicted molar refractivity (Wildman–Crippen MR) is 64.7 cm³/mol. The zero-order chi connectivity index (χ0) is 14.9. The molecular weight excluding hydrogens is 275 g/mol. The molecule has 102 valence electrons. The van der Waals surface area contributed by atoms with Crippen LogP contribution in [0.1, 0.15) is 11.1 Å². The number of alkyl halides is 3. The fraction of sp³-hybridized carbons (Fsp3) is 0.0667. The van der Waals surface area contributed by atoms with Gasteiger partial charge in [0, 0.05) is 5.56 Å². The molecule has 0 N–H and O–H groups in total. The zero-order valence-electron chi connectivity index (χ0n) is 9.93. The van der Waals surface area contributed by atoms with E-state index < -0.39 is 23.4 Å². The van der Waals surface area contributed by atoms with Crippen LogP contribution in [0.15, 0.2) is 36.4 Å². The first-order valence-corrected chi connectivity index (χ1v) is 5.46. The predicted octanol–water partition coefficient (Wildman–Crippen LogP) is 4.63. The van der Waals surface area contributed by atoms with Crippen LogP contribution in [0.2, 0.25) is 0 Å². The van der Waals surface area contributed by atoms with Gasteiger partial charge < -0.3 is 0 Å². The van der Waals surface area contributed by atoms with Crippen molar-refractivity contribution >= 4 is 0 Å². The summed E-state index contributed by atoms with van der Waals surface area (Å²) in [5.74, 6) is -0.245. The Hall–Kier alpha value is -2.35. The Kier molecular flexibility index (Phi) is 3.49. The molecule has 0 saturated carbocycles. The summed E-state index contributed by atoms with van der Waals surface area (Å²) in [7, 11) is 0. The van der Waals surface area contributed by atoms with Gasteiger partial charge in [-0.1, -0.05) is 18.1 Å². The second kappa shape index (κ2) is 4.97. The summed E-state index contributed by atoms with van der Waals surface area (Å²) in [5, 5.41) is 0. The maximum Gasteiger partial charge on any atom is 0.417 e. The molecule has 0 aliphatic carbocycles. The van der Waals surface area contributed by atoms with E-state index in [1.54, 1.807) is 0 Å². The average molecular weight is 282 g/mol. The molecule has 2 aromatic carbocycles. The molecule has 0 radical (unpaired) electrons. The molecule has 2 rings (SSSR count). The maximum absolute atomic E-state index is 13.1. The van der Waals surface area contributed by atoms with Crippen LogP contribution in [0.3, 0.4) is 0 Å². The van der Waals surface area contributed by atoms with Crippen LogP contribution < -0.4 is 0 Å². The first kappa shape index (κ1) is 14.1. The van der Waals surface area contributed by atoms with Crippen LogP contribution in [0.5, 0.6) is 0 Å². The highest BCUT2D eigenvalue weighted by Crippen LogP contribution is 2.34. The fourth-order valence-electron chi connectivity index (χ4n) is 1.76. The molecule has 0 atom stereocenters. The van der Waals surface area contributed by atoms with Gasteiger partial charge in [-0.25, -0.2) is 8.78 Å². The third-order valence-corrected chi connectivity index (χ3v) is 2.73.